The Morgan fingerprint density at radius 2 is 1.92 bits per heavy atom. The van der Waals surface area contributed by atoms with E-state index in [0.29, 0.717) is 11.3 Å². The number of fused-ring (bicyclic) bond motifs is 2. The quantitative estimate of drug-likeness (QED) is 0.694. The number of pyridine rings is 2. The maximum atomic E-state index is 12.9. The molecule has 4 rings (SSSR count). The first kappa shape index (κ1) is 16.5. The van der Waals surface area contributed by atoms with Gasteiger partial charge in [0, 0.05) is 13.2 Å². The fraction of sp³-hybridized carbons (Fsp3) is 0.368. The summed E-state index contributed by atoms with van der Waals surface area (Å²) in [5.74, 6) is -0.598. The average Bonchev–Trinajstić information content (AvgIpc) is 2.67. The van der Waals surface area contributed by atoms with Gasteiger partial charge in [0.15, 0.2) is 0 Å². The summed E-state index contributed by atoms with van der Waals surface area (Å²) in [6.07, 6.45) is 7.60. The molecule has 1 aliphatic rings. The summed E-state index contributed by atoms with van der Waals surface area (Å²) in [4.78, 5) is 32.9. The lowest BCUT2D eigenvalue weighted by atomic mass is 9.84. The zero-order valence-corrected chi connectivity index (χ0v) is 14.4. The highest BCUT2D eigenvalue weighted by Crippen LogP contribution is 2.33. The molecule has 0 radical (unpaired) electrons. The minimum Gasteiger partial charge on any atom is -0.478 e. The van der Waals surface area contributed by atoms with E-state index in [4.69, 9.17) is 4.42 Å². The predicted molar refractivity (Wildman–Crippen MR) is 97.9 cm³/mol. The average molecular weight is 353 g/mol. The van der Waals surface area contributed by atoms with Gasteiger partial charge in [-0.25, -0.2) is 9.78 Å². The summed E-state index contributed by atoms with van der Waals surface area (Å²) in [6.45, 7) is 0. The van der Waals surface area contributed by atoms with Crippen LogP contribution in [0.4, 0.5) is 5.82 Å². The number of rotatable bonds is 3. The highest BCUT2D eigenvalue weighted by Gasteiger charge is 2.20. The van der Waals surface area contributed by atoms with Gasteiger partial charge in [0.1, 0.15) is 11.4 Å². The SMILES string of the molecule is CNc1nc2oc3ncc(C4CCCCC4)cc3c(=O)c2cc1C(=O)O. The zero-order chi connectivity index (χ0) is 18.3. The van der Waals surface area contributed by atoms with Crippen molar-refractivity contribution >= 4 is 34.0 Å². The molecule has 7 heteroatoms. The highest BCUT2D eigenvalue weighted by molar-refractivity contribution is 5.98. The number of carboxylic acid groups (broad SMARTS) is 1. The van der Waals surface area contributed by atoms with Crippen molar-refractivity contribution in [1.82, 2.24) is 9.97 Å². The van der Waals surface area contributed by atoms with Gasteiger partial charge in [-0.1, -0.05) is 19.3 Å². The van der Waals surface area contributed by atoms with Crippen LogP contribution >= 0.6 is 0 Å². The standard InChI is InChI=1S/C19H19N3O4/c1-20-16-14(19(24)25)8-13-15(23)12-7-11(10-5-3-2-4-6-10)9-21-17(12)26-18(13)22-16/h7-10H,2-6H2,1H3,(H,20,22)(H,24,25). The molecule has 0 amide bonds. The fourth-order valence-electron chi connectivity index (χ4n) is 3.70. The molecule has 3 aromatic rings. The summed E-state index contributed by atoms with van der Waals surface area (Å²) in [7, 11) is 1.56. The second-order valence-electron chi connectivity index (χ2n) is 6.68. The van der Waals surface area contributed by atoms with E-state index in [2.05, 4.69) is 15.3 Å². The van der Waals surface area contributed by atoms with Crippen LogP contribution in [0.5, 0.6) is 0 Å². The van der Waals surface area contributed by atoms with Gasteiger partial charge in [-0.15, -0.1) is 0 Å². The van der Waals surface area contributed by atoms with Crippen LogP contribution in [0.2, 0.25) is 0 Å². The maximum absolute atomic E-state index is 12.9. The van der Waals surface area contributed by atoms with Crippen LogP contribution in [0.1, 0.15) is 53.9 Å². The molecule has 0 atom stereocenters. The van der Waals surface area contributed by atoms with E-state index >= 15 is 0 Å². The topological polar surface area (TPSA) is 105 Å². The molecular formula is C19H19N3O4. The third-order valence-corrected chi connectivity index (χ3v) is 5.09. The smallest absolute Gasteiger partial charge is 0.339 e. The zero-order valence-electron chi connectivity index (χ0n) is 14.4. The van der Waals surface area contributed by atoms with E-state index in [1.165, 1.54) is 25.3 Å². The Morgan fingerprint density at radius 1 is 1.19 bits per heavy atom. The molecule has 3 aromatic heterocycles. The Bertz CT molecular complexity index is 1070. The van der Waals surface area contributed by atoms with Crippen molar-refractivity contribution in [2.75, 3.05) is 12.4 Å². The molecule has 7 nitrogen and oxygen atoms in total. The number of aromatic carboxylic acids is 1. The number of aromatic nitrogens is 2. The van der Waals surface area contributed by atoms with Crippen LogP contribution in [0.25, 0.3) is 22.2 Å². The van der Waals surface area contributed by atoms with Gasteiger partial charge in [-0.05, 0) is 36.5 Å². The molecule has 26 heavy (non-hydrogen) atoms. The number of anilines is 1. The third kappa shape index (κ3) is 2.69. The monoisotopic (exact) mass is 353 g/mol. The van der Waals surface area contributed by atoms with Crippen LogP contribution in [0.15, 0.2) is 27.5 Å². The summed E-state index contributed by atoms with van der Waals surface area (Å²) < 4.78 is 5.69. The Hall–Kier alpha value is -2.96. The second kappa shape index (κ2) is 6.40. The van der Waals surface area contributed by atoms with Crippen molar-refractivity contribution in [2.24, 2.45) is 0 Å². The molecule has 0 spiro atoms. The minimum atomic E-state index is -1.16. The number of carboxylic acids is 1. The van der Waals surface area contributed by atoms with Gasteiger partial charge in [0.05, 0.1) is 10.8 Å². The number of nitrogens with zero attached hydrogens (tertiary/aromatic N) is 2. The van der Waals surface area contributed by atoms with Crippen LogP contribution < -0.4 is 10.7 Å². The van der Waals surface area contributed by atoms with E-state index in [1.807, 2.05) is 6.07 Å². The summed E-state index contributed by atoms with van der Waals surface area (Å²) in [5.41, 5.74) is 0.976. The number of hydrogen-bond acceptors (Lipinski definition) is 6. The molecular weight excluding hydrogens is 334 g/mol. The minimum absolute atomic E-state index is 0.0666. The first-order valence-electron chi connectivity index (χ1n) is 8.77. The van der Waals surface area contributed by atoms with Gasteiger partial charge < -0.3 is 14.8 Å². The first-order valence-corrected chi connectivity index (χ1v) is 8.77. The largest absolute Gasteiger partial charge is 0.478 e. The fourth-order valence-corrected chi connectivity index (χ4v) is 3.70. The molecule has 1 saturated carbocycles. The Kier molecular flexibility index (Phi) is 4.06. The Balaban J connectivity index is 1.93. The van der Waals surface area contributed by atoms with Crippen molar-refractivity contribution in [3.8, 4) is 0 Å². The lowest BCUT2D eigenvalue weighted by Gasteiger charge is -2.21. The lowest BCUT2D eigenvalue weighted by Crippen LogP contribution is -2.11. The van der Waals surface area contributed by atoms with E-state index in [0.717, 1.165) is 18.4 Å². The Morgan fingerprint density at radius 3 is 2.62 bits per heavy atom. The van der Waals surface area contributed by atoms with E-state index < -0.39 is 5.97 Å². The Labute approximate surface area is 149 Å². The predicted octanol–water partition coefficient (Wildman–Crippen LogP) is 3.52. The van der Waals surface area contributed by atoms with E-state index in [9.17, 15) is 14.7 Å². The summed E-state index contributed by atoms with van der Waals surface area (Å²) in [5, 5.41) is 12.6. The van der Waals surface area contributed by atoms with E-state index in [-0.39, 0.29) is 33.6 Å². The maximum Gasteiger partial charge on any atom is 0.339 e. The molecule has 0 aromatic carbocycles. The molecule has 2 N–H and O–H groups in total. The highest BCUT2D eigenvalue weighted by atomic mass is 16.4. The van der Waals surface area contributed by atoms with Crippen molar-refractivity contribution in [2.45, 2.75) is 38.0 Å². The van der Waals surface area contributed by atoms with Crippen LogP contribution in [0.3, 0.4) is 0 Å². The number of nitrogens with one attached hydrogen (secondary N) is 1. The normalized spacial score (nSPS) is 15.4. The van der Waals surface area contributed by atoms with Gasteiger partial charge in [-0.3, -0.25) is 4.79 Å². The van der Waals surface area contributed by atoms with Crippen LogP contribution in [0, 0.1) is 0 Å². The molecule has 0 bridgehead atoms. The molecule has 0 saturated heterocycles. The first-order chi connectivity index (χ1) is 12.6. The van der Waals surface area contributed by atoms with Crippen molar-refractivity contribution in [3.63, 3.8) is 0 Å². The molecule has 1 fully saturated rings. The van der Waals surface area contributed by atoms with Crippen molar-refractivity contribution in [3.05, 3.63) is 39.7 Å². The molecule has 1 aliphatic carbocycles. The van der Waals surface area contributed by atoms with Gasteiger partial charge in [-0.2, -0.15) is 4.98 Å². The molecule has 0 unspecified atom stereocenters. The van der Waals surface area contributed by atoms with Crippen molar-refractivity contribution in [1.29, 1.82) is 0 Å². The van der Waals surface area contributed by atoms with Crippen LogP contribution in [-0.2, 0) is 0 Å². The van der Waals surface area contributed by atoms with Gasteiger partial charge in [0.2, 0.25) is 16.9 Å². The molecule has 3 heterocycles. The summed E-state index contributed by atoms with van der Waals surface area (Å²) >= 11 is 0. The summed E-state index contributed by atoms with van der Waals surface area (Å²) in [6, 6.07) is 3.16. The van der Waals surface area contributed by atoms with E-state index in [1.54, 1.807) is 13.2 Å². The third-order valence-electron chi connectivity index (χ3n) is 5.09. The van der Waals surface area contributed by atoms with Gasteiger partial charge in [0.25, 0.3) is 0 Å². The second-order valence-corrected chi connectivity index (χ2v) is 6.68. The van der Waals surface area contributed by atoms with Gasteiger partial charge >= 0.3 is 5.97 Å². The number of carbonyl (C=O) groups is 1. The molecule has 134 valence electrons. The van der Waals surface area contributed by atoms with Crippen molar-refractivity contribution < 1.29 is 14.3 Å². The number of hydrogen-bond donors (Lipinski definition) is 2. The lowest BCUT2D eigenvalue weighted by molar-refractivity contribution is 0.0698. The van der Waals surface area contributed by atoms with Crippen LogP contribution in [-0.4, -0.2) is 28.1 Å². The molecule has 0 aliphatic heterocycles.